The van der Waals surface area contributed by atoms with Crippen molar-refractivity contribution in [2.24, 2.45) is 0 Å². The van der Waals surface area contributed by atoms with E-state index in [1.54, 1.807) is 18.0 Å². The molecule has 0 bridgehead atoms. The average Bonchev–Trinajstić information content (AvgIpc) is 2.61. The Balaban J connectivity index is 2.18. The van der Waals surface area contributed by atoms with Crippen LogP contribution in [0.5, 0.6) is 5.75 Å². The van der Waals surface area contributed by atoms with Crippen molar-refractivity contribution in [3.8, 4) is 5.75 Å². The third-order valence-electron chi connectivity index (χ3n) is 2.35. The normalized spacial score (nSPS) is 22.3. The van der Waals surface area contributed by atoms with Crippen molar-refractivity contribution in [2.45, 2.75) is 25.5 Å². The number of hydrogen-bond donors (Lipinski definition) is 0. The standard InChI is InChI=1S/C9H13ClN2O2/c1-13-7-6-11-12(9(7)10)8-4-2-3-5-14-8/h6,8H,2-5H2,1H3. The van der Waals surface area contributed by atoms with Crippen LogP contribution in [-0.2, 0) is 4.74 Å². The van der Waals surface area contributed by atoms with E-state index in [9.17, 15) is 0 Å². The predicted molar refractivity (Wildman–Crippen MR) is 52.6 cm³/mol. The molecule has 0 aromatic carbocycles. The molecule has 1 aliphatic heterocycles. The van der Waals surface area contributed by atoms with Gasteiger partial charge in [0, 0.05) is 6.61 Å². The molecule has 1 aromatic rings. The zero-order valence-corrected chi connectivity index (χ0v) is 8.83. The van der Waals surface area contributed by atoms with Crippen molar-refractivity contribution in [1.82, 2.24) is 9.78 Å². The molecule has 1 aromatic heterocycles. The first-order chi connectivity index (χ1) is 6.83. The van der Waals surface area contributed by atoms with Crippen molar-refractivity contribution in [3.63, 3.8) is 0 Å². The van der Waals surface area contributed by atoms with Crippen LogP contribution in [0.3, 0.4) is 0 Å². The fraction of sp³-hybridized carbons (Fsp3) is 0.667. The SMILES string of the molecule is COc1cnn(C2CCCCO2)c1Cl. The van der Waals surface area contributed by atoms with Crippen LogP contribution >= 0.6 is 11.6 Å². The highest BCUT2D eigenvalue weighted by atomic mass is 35.5. The molecule has 0 radical (unpaired) electrons. The van der Waals surface area contributed by atoms with Gasteiger partial charge in [-0.15, -0.1) is 0 Å². The van der Waals surface area contributed by atoms with E-state index in [0.29, 0.717) is 10.9 Å². The molecule has 2 rings (SSSR count). The molecule has 0 spiro atoms. The molecular formula is C9H13ClN2O2. The van der Waals surface area contributed by atoms with Gasteiger partial charge in [0.1, 0.15) is 0 Å². The lowest BCUT2D eigenvalue weighted by molar-refractivity contribution is -0.0393. The van der Waals surface area contributed by atoms with Gasteiger partial charge in [-0.1, -0.05) is 11.6 Å². The maximum Gasteiger partial charge on any atom is 0.175 e. The van der Waals surface area contributed by atoms with Gasteiger partial charge in [-0.3, -0.25) is 0 Å². The monoisotopic (exact) mass is 216 g/mol. The highest BCUT2D eigenvalue weighted by molar-refractivity contribution is 6.31. The second-order valence-corrected chi connectivity index (χ2v) is 3.63. The summed E-state index contributed by atoms with van der Waals surface area (Å²) in [7, 11) is 1.58. The lowest BCUT2D eigenvalue weighted by Gasteiger charge is -2.23. The van der Waals surface area contributed by atoms with Crippen molar-refractivity contribution in [1.29, 1.82) is 0 Å². The minimum absolute atomic E-state index is 0.0276. The van der Waals surface area contributed by atoms with Crippen LogP contribution in [0.4, 0.5) is 0 Å². The number of aromatic nitrogens is 2. The summed E-state index contributed by atoms with van der Waals surface area (Å²) in [5, 5.41) is 4.66. The van der Waals surface area contributed by atoms with E-state index in [2.05, 4.69) is 5.10 Å². The number of methoxy groups -OCH3 is 1. The van der Waals surface area contributed by atoms with Gasteiger partial charge in [-0.25, -0.2) is 4.68 Å². The summed E-state index contributed by atoms with van der Waals surface area (Å²) in [4.78, 5) is 0. The van der Waals surface area contributed by atoms with E-state index < -0.39 is 0 Å². The van der Waals surface area contributed by atoms with Crippen LogP contribution in [0.25, 0.3) is 0 Å². The number of halogens is 1. The first kappa shape index (κ1) is 9.80. The molecule has 0 amide bonds. The summed E-state index contributed by atoms with van der Waals surface area (Å²) in [5.41, 5.74) is 0. The van der Waals surface area contributed by atoms with Crippen molar-refractivity contribution in [3.05, 3.63) is 11.3 Å². The third kappa shape index (κ3) is 1.72. The van der Waals surface area contributed by atoms with E-state index in [0.717, 1.165) is 25.9 Å². The molecule has 1 aliphatic rings. The summed E-state index contributed by atoms with van der Waals surface area (Å²) >= 11 is 6.05. The number of nitrogens with zero attached hydrogens (tertiary/aromatic N) is 2. The van der Waals surface area contributed by atoms with Crippen LogP contribution in [0.1, 0.15) is 25.5 Å². The largest absolute Gasteiger partial charge is 0.492 e. The second-order valence-electron chi connectivity index (χ2n) is 3.27. The summed E-state index contributed by atoms with van der Waals surface area (Å²) in [6, 6.07) is 0. The van der Waals surface area contributed by atoms with Gasteiger partial charge in [0.2, 0.25) is 0 Å². The summed E-state index contributed by atoms with van der Waals surface area (Å²) in [6.07, 6.45) is 4.82. The number of ether oxygens (including phenoxy) is 2. The van der Waals surface area contributed by atoms with Gasteiger partial charge >= 0.3 is 0 Å². The van der Waals surface area contributed by atoms with Gasteiger partial charge in [-0.05, 0) is 19.3 Å². The second kappa shape index (κ2) is 4.19. The first-order valence-corrected chi connectivity index (χ1v) is 5.09. The zero-order valence-electron chi connectivity index (χ0n) is 8.07. The lowest BCUT2D eigenvalue weighted by atomic mass is 10.2. The fourth-order valence-corrected chi connectivity index (χ4v) is 1.86. The Morgan fingerprint density at radius 1 is 1.64 bits per heavy atom. The maximum absolute atomic E-state index is 6.05. The topological polar surface area (TPSA) is 36.3 Å². The summed E-state index contributed by atoms with van der Waals surface area (Å²) < 4.78 is 12.3. The highest BCUT2D eigenvalue weighted by Crippen LogP contribution is 2.30. The van der Waals surface area contributed by atoms with E-state index >= 15 is 0 Å². The van der Waals surface area contributed by atoms with Crippen molar-refractivity contribution in [2.75, 3.05) is 13.7 Å². The Kier molecular flexibility index (Phi) is 2.93. The Labute approximate surface area is 87.8 Å². The molecule has 78 valence electrons. The van der Waals surface area contributed by atoms with Crippen LogP contribution < -0.4 is 4.74 Å². The molecule has 14 heavy (non-hydrogen) atoms. The molecule has 1 saturated heterocycles. The molecule has 0 N–H and O–H groups in total. The highest BCUT2D eigenvalue weighted by Gasteiger charge is 2.20. The van der Waals surface area contributed by atoms with E-state index in [1.165, 1.54) is 0 Å². The van der Waals surface area contributed by atoms with E-state index in [1.807, 2.05) is 0 Å². The van der Waals surface area contributed by atoms with Gasteiger partial charge in [0.15, 0.2) is 17.1 Å². The summed E-state index contributed by atoms with van der Waals surface area (Å²) in [5.74, 6) is 0.598. The van der Waals surface area contributed by atoms with E-state index in [-0.39, 0.29) is 6.23 Å². The number of hydrogen-bond acceptors (Lipinski definition) is 3. The average molecular weight is 217 g/mol. The molecule has 2 heterocycles. The minimum Gasteiger partial charge on any atom is -0.492 e. The van der Waals surface area contributed by atoms with Crippen LogP contribution in [-0.4, -0.2) is 23.5 Å². The van der Waals surface area contributed by atoms with Gasteiger partial charge in [0.05, 0.1) is 13.3 Å². The molecular weight excluding hydrogens is 204 g/mol. The molecule has 4 nitrogen and oxygen atoms in total. The third-order valence-corrected chi connectivity index (χ3v) is 2.71. The van der Waals surface area contributed by atoms with Crippen molar-refractivity contribution >= 4 is 11.6 Å². The predicted octanol–water partition coefficient (Wildman–Crippen LogP) is 2.24. The quantitative estimate of drug-likeness (QED) is 0.761. The Bertz CT molecular complexity index is 308. The molecule has 0 saturated carbocycles. The fourth-order valence-electron chi connectivity index (χ4n) is 1.59. The van der Waals surface area contributed by atoms with Crippen LogP contribution in [0, 0.1) is 0 Å². The maximum atomic E-state index is 6.05. The minimum atomic E-state index is -0.0276. The van der Waals surface area contributed by atoms with Crippen LogP contribution in [0.2, 0.25) is 5.15 Å². The van der Waals surface area contributed by atoms with E-state index in [4.69, 9.17) is 21.1 Å². The Hall–Kier alpha value is -0.740. The van der Waals surface area contributed by atoms with Crippen molar-refractivity contribution < 1.29 is 9.47 Å². The molecule has 1 atom stereocenters. The summed E-state index contributed by atoms with van der Waals surface area (Å²) in [6.45, 7) is 0.781. The Morgan fingerprint density at radius 3 is 3.07 bits per heavy atom. The smallest absolute Gasteiger partial charge is 0.175 e. The Morgan fingerprint density at radius 2 is 2.50 bits per heavy atom. The molecule has 0 aliphatic carbocycles. The van der Waals surface area contributed by atoms with Gasteiger partial charge in [0.25, 0.3) is 0 Å². The van der Waals surface area contributed by atoms with Gasteiger partial charge in [-0.2, -0.15) is 5.10 Å². The zero-order chi connectivity index (χ0) is 9.97. The first-order valence-electron chi connectivity index (χ1n) is 4.71. The number of rotatable bonds is 2. The molecule has 5 heteroatoms. The molecule has 1 fully saturated rings. The van der Waals surface area contributed by atoms with Gasteiger partial charge < -0.3 is 9.47 Å². The lowest BCUT2D eigenvalue weighted by Crippen LogP contribution is -2.19. The molecule has 1 unspecified atom stereocenters. The van der Waals surface area contributed by atoms with Crippen LogP contribution in [0.15, 0.2) is 6.20 Å².